The van der Waals surface area contributed by atoms with Gasteiger partial charge in [-0.05, 0) is 0 Å². The van der Waals surface area contributed by atoms with Crippen LogP contribution in [0.3, 0.4) is 0 Å². The topological polar surface area (TPSA) is 51.5 Å². The van der Waals surface area contributed by atoms with E-state index in [-0.39, 0.29) is 5.57 Å². The molecule has 0 unspecified atom stereocenters. The second kappa shape index (κ2) is 16.5. The summed E-state index contributed by atoms with van der Waals surface area (Å²) in [6.45, 7) is 0.553. The predicted octanol–water partition coefficient (Wildman–Crippen LogP) is 6.79. The molecule has 0 atom stereocenters. The first-order valence-electron chi connectivity index (χ1n) is 14.7. The summed E-state index contributed by atoms with van der Waals surface area (Å²) in [6, 6.07) is 9.32. The van der Waals surface area contributed by atoms with Crippen molar-refractivity contribution in [2.45, 2.75) is 6.54 Å². The average molecular weight is 849 g/mol. The molecule has 58 heavy (non-hydrogen) atoms. The van der Waals surface area contributed by atoms with Crippen LogP contribution in [0.15, 0.2) is 42.2 Å². The van der Waals surface area contributed by atoms with Crippen LogP contribution in [0.4, 0.5) is 87.8 Å². The molecule has 5 aromatic rings. The molecule has 3 nitrogen and oxygen atoms in total. The van der Waals surface area contributed by atoms with Crippen molar-refractivity contribution in [2.75, 3.05) is 0 Å². The van der Waals surface area contributed by atoms with Gasteiger partial charge in [-0.1, -0.05) is 6.07 Å². The van der Waals surface area contributed by atoms with Gasteiger partial charge in [0.15, 0.2) is 88.7 Å². The first-order valence-corrected chi connectivity index (χ1v) is 14.7. The highest BCUT2D eigenvalue weighted by atomic mass is 19.2. The van der Waals surface area contributed by atoms with Crippen LogP contribution >= 0.6 is 0 Å². The van der Waals surface area contributed by atoms with E-state index in [1.54, 1.807) is 6.08 Å². The third kappa shape index (κ3) is 6.81. The highest BCUT2D eigenvalue weighted by molar-refractivity contribution is 7.20. The van der Waals surface area contributed by atoms with E-state index < -0.39 is 144 Å². The van der Waals surface area contributed by atoms with Gasteiger partial charge in [0.05, 0.1) is 0 Å². The number of rotatable bonds is 6. The Balaban J connectivity index is 0.000000486. The van der Waals surface area contributed by atoms with E-state index in [0.29, 0.717) is 6.54 Å². The maximum atomic E-state index is 15.4. The van der Waals surface area contributed by atoms with Gasteiger partial charge in [-0.2, -0.15) is 10.5 Å². The Hall–Kier alpha value is -6.59. The zero-order chi connectivity index (χ0) is 43.9. The van der Waals surface area contributed by atoms with E-state index in [9.17, 15) is 52.7 Å². The molecule has 1 aromatic heterocycles. The van der Waals surface area contributed by atoms with Crippen molar-refractivity contribution >= 4 is 28.0 Å². The molecule has 24 heteroatoms. The monoisotopic (exact) mass is 849 g/mol. The van der Waals surface area contributed by atoms with Gasteiger partial charge in [-0.25, -0.2) is 92.4 Å². The van der Waals surface area contributed by atoms with Crippen molar-refractivity contribution in [2.24, 2.45) is 0 Å². The summed E-state index contributed by atoms with van der Waals surface area (Å²) < 4.78 is 296. The summed E-state index contributed by atoms with van der Waals surface area (Å²) in [5.41, 5.74) is -14.2. The van der Waals surface area contributed by atoms with Gasteiger partial charge in [0.25, 0.3) is 0 Å². The Morgan fingerprint density at radius 2 is 0.586 bits per heavy atom. The van der Waals surface area contributed by atoms with Crippen LogP contribution in [0.25, 0.3) is 0 Å². The van der Waals surface area contributed by atoms with Crippen molar-refractivity contribution in [3.05, 3.63) is 159 Å². The molecular formula is C34H8BF20N3. The summed E-state index contributed by atoms with van der Waals surface area (Å²) in [5, 5.41) is 16.9. The van der Waals surface area contributed by atoms with Gasteiger partial charge in [0.1, 0.15) is 70.4 Å². The Kier molecular flexibility index (Phi) is 12.5. The number of hydrogen-bond donors (Lipinski definition) is 0. The number of nitriles is 2. The van der Waals surface area contributed by atoms with Crippen molar-refractivity contribution in [1.82, 2.24) is 0 Å². The van der Waals surface area contributed by atoms with Crippen LogP contribution in [0, 0.1) is 139 Å². The molecule has 0 spiro atoms. The van der Waals surface area contributed by atoms with Crippen LogP contribution in [0.5, 0.6) is 0 Å². The number of allylic oxidation sites excluding steroid dienone is 2. The van der Waals surface area contributed by atoms with Gasteiger partial charge in [0, 0.05) is 18.2 Å². The third-order valence-electron chi connectivity index (χ3n) is 8.23. The van der Waals surface area contributed by atoms with E-state index in [1.165, 1.54) is 0 Å². The van der Waals surface area contributed by atoms with Crippen molar-refractivity contribution in [3.8, 4) is 12.1 Å². The molecule has 0 aliphatic heterocycles. The molecule has 302 valence electrons. The van der Waals surface area contributed by atoms with Gasteiger partial charge in [0.2, 0.25) is 0 Å². The summed E-state index contributed by atoms with van der Waals surface area (Å²) in [6.07, 6.45) is -1.86. The molecular weight excluding hydrogens is 841 g/mol. The molecule has 1 heterocycles. The smallest absolute Gasteiger partial charge is 0.200 e. The lowest BCUT2D eigenvalue weighted by atomic mass is 9.12. The van der Waals surface area contributed by atoms with E-state index >= 15 is 35.1 Å². The number of halogens is 20. The summed E-state index contributed by atoms with van der Waals surface area (Å²) in [5.74, 6) is -71.4. The van der Waals surface area contributed by atoms with Crippen LogP contribution in [0.1, 0.15) is 0 Å². The fourth-order valence-corrected chi connectivity index (χ4v) is 5.74. The molecule has 0 radical (unpaired) electrons. The van der Waals surface area contributed by atoms with Gasteiger partial charge in [-0.15, -0.1) is 21.9 Å². The lowest BCUT2D eigenvalue weighted by Crippen LogP contribution is -2.81. The molecule has 0 N–H and O–H groups in total. The lowest BCUT2D eigenvalue weighted by Gasteiger charge is -2.44. The largest absolute Gasteiger partial charge is 0.207 e. The normalized spacial score (nSPS) is 11.1. The first-order chi connectivity index (χ1) is 27.1. The quantitative estimate of drug-likeness (QED) is 0.0473. The van der Waals surface area contributed by atoms with Crippen molar-refractivity contribution in [1.29, 1.82) is 10.5 Å². The van der Waals surface area contributed by atoms with Crippen LogP contribution in [-0.2, 0) is 6.54 Å². The Bertz CT molecular complexity index is 2220. The summed E-state index contributed by atoms with van der Waals surface area (Å²) >= 11 is 0. The van der Waals surface area contributed by atoms with E-state index in [1.807, 2.05) is 47.3 Å². The molecule has 0 bridgehead atoms. The van der Waals surface area contributed by atoms with Gasteiger partial charge < -0.3 is 0 Å². The second-order valence-corrected chi connectivity index (χ2v) is 11.2. The lowest BCUT2D eigenvalue weighted by molar-refractivity contribution is -0.687. The highest BCUT2D eigenvalue weighted by Gasteiger charge is 2.52. The maximum Gasteiger partial charge on any atom is 0.200 e. The minimum absolute atomic E-state index is 0.149. The third-order valence-corrected chi connectivity index (χ3v) is 8.23. The highest BCUT2D eigenvalue weighted by Crippen LogP contribution is 2.30. The molecule has 0 amide bonds. The SMILES string of the molecule is Fc1c(F)c(F)c([B-](c2c(F)c(F)c(F)c(F)c2F)(c2c(F)c(F)c(F)c(F)c2F)c2c(F)c(F)c(F)c(F)c2F)c(F)c1F.N#CC(C#N)=CC[n+]1ccccc1. The summed E-state index contributed by atoms with van der Waals surface area (Å²) in [4.78, 5) is 0. The van der Waals surface area contributed by atoms with E-state index in [2.05, 4.69) is 0 Å². The van der Waals surface area contributed by atoms with Gasteiger partial charge >= 0.3 is 0 Å². The molecule has 4 aromatic carbocycles. The molecule has 0 aliphatic carbocycles. The van der Waals surface area contributed by atoms with Crippen LogP contribution in [-0.4, -0.2) is 6.15 Å². The summed E-state index contributed by atoms with van der Waals surface area (Å²) in [7, 11) is 0. The zero-order valence-corrected chi connectivity index (χ0v) is 27.1. The number of benzene rings is 4. The van der Waals surface area contributed by atoms with Gasteiger partial charge in [-0.3, -0.25) is 0 Å². The number of hydrogen-bond acceptors (Lipinski definition) is 2. The van der Waals surface area contributed by atoms with Crippen LogP contribution < -0.4 is 26.4 Å². The average Bonchev–Trinajstić information content (AvgIpc) is 3.21. The van der Waals surface area contributed by atoms with E-state index in [0.717, 1.165) is 0 Å². The van der Waals surface area contributed by atoms with E-state index in [4.69, 9.17) is 10.5 Å². The predicted molar refractivity (Wildman–Crippen MR) is 155 cm³/mol. The van der Waals surface area contributed by atoms with Crippen LogP contribution in [0.2, 0.25) is 0 Å². The molecule has 0 aliphatic rings. The molecule has 0 fully saturated rings. The Morgan fingerprint density at radius 1 is 0.379 bits per heavy atom. The number of nitrogens with zero attached hydrogens (tertiary/aromatic N) is 3. The fourth-order valence-electron chi connectivity index (χ4n) is 5.74. The minimum atomic E-state index is -7.22. The molecule has 0 saturated heterocycles. The molecule has 5 rings (SSSR count). The second-order valence-electron chi connectivity index (χ2n) is 11.2. The number of aromatic nitrogens is 1. The Morgan fingerprint density at radius 3 is 0.793 bits per heavy atom. The minimum Gasteiger partial charge on any atom is -0.207 e. The Labute approximate surface area is 308 Å². The van der Waals surface area contributed by atoms with Crippen molar-refractivity contribution in [3.63, 3.8) is 0 Å². The molecule has 0 saturated carbocycles. The standard InChI is InChI=1S/C24BF20.C10H8N3/c26-5-1(6(27)14(35)21(42)13(5)34)25(2-7(28)15(36)22(43)16(37)8(2)29,3-9(30)17(38)23(44)18(39)10(3)31)4-11(32)19(40)24(45)20(41)12(4)33;11-8-10(9-12)4-7-13-5-2-1-3-6-13/h;1-6H,7H2/q-1;+1. The first kappa shape index (κ1) is 44.1. The number of pyridine rings is 1. The maximum absolute atomic E-state index is 15.4. The van der Waals surface area contributed by atoms with Crippen molar-refractivity contribution < 1.29 is 92.4 Å². The fraction of sp³-hybridized carbons (Fsp3) is 0.0294. The zero-order valence-electron chi connectivity index (χ0n) is 27.1.